The van der Waals surface area contributed by atoms with Crippen LogP contribution in [0.1, 0.15) is 32.2 Å². The molecule has 0 aliphatic heterocycles. The summed E-state index contributed by atoms with van der Waals surface area (Å²) in [6.07, 6.45) is 1.46. The van der Waals surface area contributed by atoms with Gasteiger partial charge in [0.15, 0.2) is 12.4 Å². The van der Waals surface area contributed by atoms with Crippen LogP contribution in [0.15, 0.2) is 44.7 Å². The molecule has 0 spiro atoms. The number of methoxy groups -OCH3 is 1. The molecule has 0 fully saturated rings. The molecule has 0 atom stereocenters. The van der Waals surface area contributed by atoms with Crippen molar-refractivity contribution in [2.24, 2.45) is 5.10 Å². The summed E-state index contributed by atoms with van der Waals surface area (Å²) >= 11 is 15.9. The van der Waals surface area contributed by atoms with E-state index in [1.54, 1.807) is 24.3 Å². The number of hydrogen-bond acceptors (Lipinski definition) is 6. The second-order valence-electron chi connectivity index (χ2n) is 7.89. The summed E-state index contributed by atoms with van der Waals surface area (Å²) in [4.78, 5) is 29.2. The summed E-state index contributed by atoms with van der Waals surface area (Å²) < 4.78 is 11.9. The highest BCUT2D eigenvalue weighted by molar-refractivity contribution is 9.10. The Morgan fingerprint density at radius 3 is 2.47 bits per heavy atom. The number of carbonyl (C=O) groups is 1. The third-order valence-electron chi connectivity index (χ3n) is 4.38. The van der Waals surface area contributed by atoms with Gasteiger partial charge in [0.05, 0.1) is 34.3 Å². The smallest absolute Gasteiger partial charge is 0.343 e. The zero-order chi connectivity index (χ0) is 23.6. The maximum atomic E-state index is 13.2. The Balaban J connectivity index is 2.05. The van der Waals surface area contributed by atoms with Gasteiger partial charge in [-0.2, -0.15) is 9.78 Å². The molecule has 0 amide bonds. The summed E-state index contributed by atoms with van der Waals surface area (Å²) in [7, 11) is 1.25. The fourth-order valence-corrected chi connectivity index (χ4v) is 3.82. The molecule has 168 valence electrons. The molecular weight excluding hydrogens is 521 g/mol. The Morgan fingerprint density at radius 2 is 1.88 bits per heavy atom. The number of fused-ring (bicyclic) bond motifs is 1. The van der Waals surface area contributed by atoms with Gasteiger partial charge in [-0.1, -0.05) is 59.9 Å². The van der Waals surface area contributed by atoms with Crippen molar-refractivity contribution in [1.82, 2.24) is 9.66 Å². The number of benzene rings is 2. The average molecular weight is 541 g/mol. The van der Waals surface area contributed by atoms with Crippen LogP contribution < -0.4 is 10.3 Å². The van der Waals surface area contributed by atoms with Gasteiger partial charge >= 0.3 is 5.97 Å². The van der Waals surface area contributed by atoms with E-state index in [1.807, 2.05) is 26.8 Å². The molecule has 0 aliphatic rings. The predicted octanol–water partition coefficient (Wildman–Crippen LogP) is 5.20. The van der Waals surface area contributed by atoms with Crippen LogP contribution in [0.3, 0.4) is 0 Å². The number of hydrogen-bond donors (Lipinski definition) is 0. The lowest BCUT2D eigenvalue weighted by atomic mass is 9.95. The number of rotatable bonds is 5. The third kappa shape index (κ3) is 5.31. The Hall–Kier alpha value is -2.42. The zero-order valence-electron chi connectivity index (χ0n) is 17.8. The van der Waals surface area contributed by atoms with Crippen molar-refractivity contribution >= 4 is 62.2 Å². The first-order chi connectivity index (χ1) is 15.0. The lowest BCUT2D eigenvalue weighted by Gasteiger charge is -2.20. The quantitative estimate of drug-likeness (QED) is 0.328. The van der Waals surface area contributed by atoms with Crippen molar-refractivity contribution in [3.8, 4) is 5.75 Å². The lowest BCUT2D eigenvalue weighted by molar-refractivity contribution is -0.142. The van der Waals surface area contributed by atoms with E-state index in [0.717, 1.165) is 4.47 Å². The third-order valence-corrected chi connectivity index (χ3v) is 5.44. The van der Waals surface area contributed by atoms with Gasteiger partial charge < -0.3 is 9.47 Å². The first-order valence-corrected chi connectivity index (χ1v) is 11.0. The van der Waals surface area contributed by atoms with Gasteiger partial charge in [-0.3, -0.25) is 4.79 Å². The summed E-state index contributed by atoms with van der Waals surface area (Å²) in [5.74, 6) is 0.0942. The van der Waals surface area contributed by atoms with Gasteiger partial charge in [-0.05, 0) is 35.9 Å². The first kappa shape index (κ1) is 24.2. The molecule has 7 nitrogen and oxygen atoms in total. The molecule has 32 heavy (non-hydrogen) atoms. The minimum absolute atomic E-state index is 0.153. The number of nitrogens with zero attached hydrogens (tertiary/aromatic N) is 3. The minimum Gasteiger partial charge on any atom is -0.479 e. The van der Waals surface area contributed by atoms with Crippen molar-refractivity contribution < 1.29 is 14.3 Å². The molecule has 0 aliphatic carbocycles. The van der Waals surface area contributed by atoms with E-state index in [0.29, 0.717) is 22.3 Å². The number of aromatic nitrogens is 2. The molecule has 1 aromatic heterocycles. The van der Waals surface area contributed by atoms with Crippen molar-refractivity contribution in [3.63, 3.8) is 0 Å². The van der Waals surface area contributed by atoms with Gasteiger partial charge in [0, 0.05) is 9.89 Å². The monoisotopic (exact) mass is 539 g/mol. The highest BCUT2D eigenvalue weighted by atomic mass is 79.9. The summed E-state index contributed by atoms with van der Waals surface area (Å²) in [5, 5.41) is 5.20. The molecular formula is C22H20BrCl2N3O4. The lowest BCUT2D eigenvalue weighted by Crippen LogP contribution is -2.29. The highest BCUT2D eigenvalue weighted by Crippen LogP contribution is 2.34. The summed E-state index contributed by atoms with van der Waals surface area (Å²) in [6.45, 7) is 5.53. The molecule has 10 heteroatoms. The van der Waals surface area contributed by atoms with Crippen LogP contribution in [-0.4, -0.2) is 35.6 Å². The molecule has 0 saturated heterocycles. The molecule has 0 saturated carbocycles. The fraction of sp³-hybridized carbons (Fsp3) is 0.273. The predicted molar refractivity (Wildman–Crippen MR) is 129 cm³/mol. The maximum absolute atomic E-state index is 13.2. The minimum atomic E-state index is -0.563. The Labute approximate surface area is 203 Å². The van der Waals surface area contributed by atoms with Gasteiger partial charge in [0.2, 0.25) is 0 Å². The second kappa shape index (κ2) is 9.60. The van der Waals surface area contributed by atoms with Crippen LogP contribution in [0.2, 0.25) is 10.0 Å². The highest BCUT2D eigenvalue weighted by Gasteiger charge is 2.23. The van der Waals surface area contributed by atoms with Crippen LogP contribution in [0, 0.1) is 0 Å². The van der Waals surface area contributed by atoms with E-state index in [2.05, 4.69) is 30.8 Å². The molecule has 1 heterocycles. The molecule has 3 rings (SSSR count). The van der Waals surface area contributed by atoms with Crippen molar-refractivity contribution in [1.29, 1.82) is 0 Å². The van der Waals surface area contributed by atoms with E-state index in [9.17, 15) is 9.59 Å². The fourth-order valence-electron chi connectivity index (χ4n) is 2.85. The van der Waals surface area contributed by atoms with Crippen LogP contribution >= 0.6 is 39.1 Å². The van der Waals surface area contributed by atoms with Crippen LogP contribution in [0.4, 0.5) is 0 Å². The summed E-state index contributed by atoms with van der Waals surface area (Å²) in [6, 6.07) is 8.47. The maximum Gasteiger partial charge on any atom is 0.343 e. The number of halogens is 3. The largest absolute Gasteiger partial charge is 0.479 e. The van der Waals surface area contributed by atoms with Crippen molar-refractivity contribution in [3.05, 3.63) is 66.6 Å². The standard InChI is InChI=1S/C22H20BrCl2N3O4/c1-22(2,3)21-27-17-6-5-13(23)9-14(17)20(30)28(21)26-10-12-7-15(24)19(16(25)8-12)32-11-18(29)31-4/h5-10H,11H2,1-4H3. The Morgan fingerprint density at radius 1 is 1.22 bits per heavy atom. The van der Waals surface area contributed by atoms with Crippen LogP contribution in [0.25, 0.3) is 10.9 Å². The Bertz CT molecular complexity index is 1260. The van der Waals surface area contributed by atoms with Gasteiger partial charge in [0.1, 0.15) is 5.82 Å². The number of carbonyl (C=O) groups excluding carboxylic acids is 1. The van der Waals surface area contributed by atoms with E-state index in [-0.39, 0.29) is 28.0 Å². The molecule has 0 unspecified atom stereocenters. The second-order valence-corrected chi connectivity index (χ2v) is 9.62. The SMILES string of the molecule is COC(=O)COc1c(Cl)cc(C=Nn2c(C(C)(C)C)nc3ccc(Br)cc3c2=O)cc1Cl. The van der Waals surface area contributed by atoms with Gasteiger partial charge in [0.25, 0.3) is 5.56 Å². The number of esters is 1. The van der Waals surface area contributed by atoms with E-state index in [1.165, 1.54) is 18.0 Å². The van der Waals surface area contributed by atoms with E-state index in [4.69, 9.17) is 27.9 Å². The van der Waals surface area contributed by atoms with Crippen LogP contribution in [0.5, 0.6) is 5.75 Å². The zero-order valence-corrected chi connectivity index (χ0v) is 20.9. The molecule has 0 bridgehead atoms. The van der Waals surface area contributed by atoms with E-state index >= 15 is 0 Å². The summed E-state index contributed by atoms with van der Waals surface area (Å²) in [5.41, 5.74) is 0.380. The average Bonchev–Trinajstić information content (AvgIpc) is 2.71. The topological polar surface area (TPSA) is 82.8 Å². The van der Waals surface area contributed by atoms with Crippen molar-refractivity contribution in [2.75, 3.05) is 13.7 Å². The molecule has 3 aromatic rings. The first-order valence-electron chi connectivity index (χ1n) is 9.47. The van der Waals surface area contributed by atoms with E-state index < -0.39 is 11.4 Å². The normalized spacial score (nSPS) is 11.8. The molecule has 0 N–H and O–H groups in total. The number of ether oxygens (including phenoxy) is 2. The van der Waals surface area contributed by atoms with Gasteiger partial charge in [-0.15, -0.1) is 0 Å². The molecule has 0 radical (unpaired) electrons. The van der Waals surface area contributed by atoms with Crippen LogP contribution in [-0.2, 0) is 14.9 Å². The van der Waals surface area contributed by atoms with Gasteiger partial charge in [-0.25, -0.2) is 9.78 Å². The van der Waals surface area contributed by atoms with Crippen molar-refractivity contribution in [2.45, 2.75) is 26.2 Å². The molecule has 2 aromatic carbocycles. The Kier molecular flexibility index (Phi) is 7.27.